The summed E-state index contributed by atoms with van der Waals surface area (Å²) in [6.07, 6.45) is 5.58. The summed E-state index contributed by atoms with van der Waals surface area (Å²) in [7, 11) is 0. The molecule has 2 rings (SSSR count). The SMILES string of the molecule is Nc1ncnc(NCC2(O)CCCCC2)c1[N+](=O)[O-]. The molecule has 1 aliphatic rings. The van der Waals surface area contributed by atoms with Gasteiger partial charge in [0.15, 0.2) is 0 Å². The van der Waals surface area contributed by atoms with Crippen LogP contribution in [0.15, 0.2) is 6.33 Å². The standard InChI is InChI=1S/C11H17N5O3/c12-9-8(16(18)19)10(15-7-14-9)13-6-11(17)4-2-1-3-5-11/h7,17H,1-6H2,(H3,12,13,14,15). The van der Waals surface area contributed by atoms with Crippen LogP contribution in [0.25, 0.3) is 0 Å². The van der Waals surface area contributed by atoms with Gasteiger partial charge < -0.3 is 16.2 Å². The predicted molar refractivity (Wildman–Crippen MR) is 69.6 cm³/mol. The Labute approximate surface area is 110 Å². The van der Waals surface area contributed by atoms with Crippen molar-refractivity contribution in [3.05, 3.63) is 16.4 Å². The normalized spacial score (nSPS) is 17.9. The Hall–Kier alpha value is -1.96. The quantitative estimate of drug-likeness (QED) is 0.550. The lowest BCUT2D eigenvalue weighted by atomic mass is 9.85. The van der Waals surface area contributed by atoms with E-state index in [9.17, 15) is 15.2 Å². The van der Waals surface area contributed by atoms with Crippen LogP contribution in [0.2, 0.25) is 0 Å². The Kier molecular flexibility index (Phi) is 3.79. The first-order chi connectivity index (χ1) is 9.02. The number of aliphatic hydroxyl groups is 1. The van der Waals surface area contributed by atoms with Crippen molar-refractivity contribution >= 4 is 17.3 Å². The monoisotopic (exact) mass is 267 g/mol. The largest absolute Gasteiger partial charge is 0.388 e. The van der Waals surface area contributed by atoms with E-state index in [4.69, 9.17) is 5.73 Å². The lowest BCUT2D eigenvalue weighted by Gasteiger charge is -2.32. The molecule has 0 aliphatic heterocycles. The van der Waals surface area contributed by atoms with E-state index in [-0.39, 0.29) is 23.9 Å². The predicted octanol–water partition coefficient (Wildman–Crippen LogP) is 1.07. The molecule has 8 heteroatoms. The smallest absolute Gasteiger partial charge is 0.352 e. The molecule has 0 spiro atoms. The molecule has 19 heavy (non-hydrogen) atoms. The number of rotatable bonds is 4. The van der Waals surface area contributed by atoms with Gasteiger partial charge in [-0.3, -0.25) is 10.1 Å². The zero-order chi connectivity index (χ0) is 13.9. The maximum absolute atomic E-state index is 10.9. The molecule has 0 atom stereocenters. The molecular weight excluding hydrogens is 250 g/mol. The van der Waals surface area contributed by atoms with Crippen molar-refractivity contribution in [3.63, 3.8) is 0 Å². The number of nitrogens with zero attached hydrogens (tertiary/aromatic N) is 3. The van der Waals surface area contributed by atoms with E-state index in [1.54, 1.807) is 0 Å². The Morgan fingerprint density at radius 2 is 2.11 bits per heavy atom. The second kappa shape index (κ2) is 5.35. The summed E-state index contributed by atoms with van der Waals surface area (Å²) in [5.74, 6) is -0.130. The van der Waals surface area contributed by atoms with Gasteiger partial charge in [-0.1, -0.05) is 19.3 Å². The highest BCUT2D eigenvalue weighted by atomic mass is 16.6. The second-order valence-electron chi connectivity index (χ2n) is 4.85. The number of anilines is 2. The van der Waals surface area contributed by atoms with Crippen molar-refractivity contribution in [2.45, 2.75) is 37.7 Å². The molecule has 4 N–H and O–H groups in total. The fraction of sp³-hybridized carbons (Fsp3) is 0.636. The highest BCUT2D eigenvalue weighted by molar-refractivity contribution is 5.67. The molecule has 1 saturated carbocycles. The fourth-order valence-electron chi connectivity index (χ4n) is 2.34. The molecule has 104 valence electrons. The van der Waals surface area contributed by atoms with Crippen LogP contribution >= 0.6 is 0 Å². The summed E-state index contributed by atoms with van der Waals surface area (Å²) < 4.78 is 0. The first-order valence-electron chi connectivity index (χ1n) is 6.23. The van der Waals surface area contributed by atoms with Gasteiger partial charge in [-0.25, -0.2) is 9.97 Å². The molecule has 1 fully saturated rings. The summed E-state index contributed by atoms with van der Waals surface area (Å²) in [6, 6.07) is 0. The number of nitrogens with two attached hydrogens (primary N) is 1. The van der Waals surface area contributed by atoms with Crippen LogP contribution in [0, 0.1) is 10.1 Å². The van der Waals surface area contributed by atoms with Gasteiger partial charge in [-0.05, 0) is 12.8 Å². The summed E-state index contributed by atoms with van der Waals surface area (Å²) in [5, 5.41) is 24.1. The van der Waals surface area contributed by atoms with Crippen LogP contribution in [-0.2, 0) is 0 Å². The Balaban J connectivity index is 2.11. The van der Waals surface area contributed by atoms with Crippen LogP contribution in [0.3, 0.4) is 0 Å². The first-order valence-corrected chi connectivity index (χ1v) is 6.23. The van der Waals surface area contributed by atoms with Gasteiger partial charge in [0.05, 0.1) is 10.5 Å². The number of aromatic nitrogens is 2. The van der Waals surface area contributed by atoms with Crippen molar-refractivity contribution < 1.29 is 10.0 Å². The Morgan fingerprint density at radius 3 is 2.74 bits per heavy atom. The molecule has 0 amide bonds. The molecular formula is C11H17N5O3. The van der Waals surface area contributed by atoms with Crippen molar-refractivity contribution in [1.29, 1.82) is 0 Å². The third-order valence-corrected chi connectivity index (χ3v) is 3.40. The molecule has 8 nitrogen and oxygen atoms in total. The van der Waals surface area contributed by atoms with E-state index >= 15 is 0 Å². The summed E-state index contributed by atoms with van der Waals surface area (Å²) in [6.45, 7) is 0.226. The number of hydrogen-bond donors (Lipinski definition) is 3. The van der Waals surface area contributed by atoms with Gasteiger partial charge >= 0.3 is 5.69 Å². The third kappa shape index (κ3) is 3.08. The van der Waals surface area contributed by atoms with Gasteiger partial charge in [0.25, 0.3) is 0 Å². The minimum Gasteiger partial charge on any atom is -0.388 e. The van der Waals surface area contributed by atoms with Crippen LogP contribution in [-0.4, -0.2) is 32.1 Å². The third-order valence-electron chi connectivity index (χ3n) is 3.40. The van der Waals surface area contributed by atoms with Crippen molar-refractivity contribution in [2.75, 3.05) is 17.6 Å². The van der Waals surface area contributed by atoms with E-state index in [1.165, 1.54) is 0 Å². The highest BCUT2D eigenvalue weighted by Crippen LogP contribution is 2.30. The number of hydrogen-bond acceptors (Lipinski definition) is 7. The lowest BCUT2D eigenvalue weighted by molar-refractivity contribution is -0.383. The molecule has 0 unspecified atom stereocenters. The number of nitro groups is 1. The van der Waals surface area contributed by atoms with Crippen LogP contribution < -0.4 is 11.1 Å². The topological polar surface area (TPSA) is 127 Å². The lowest BCUT2D eigenvalue weighted by Crippen LogP contribution is -2.39. The Bertz CT molecular complexity index is 473. The van der Waals surface area contributed by atoms with Crippen LogP contribution in [0.1, 0.15) is 32.1 Å². The molecule has 1 heterocycles. The van der Waals surface area contributed by atoms with Gasteiger partial charge in [0, 0.05) is 6.54 Å². The average Bonchev–Trinajstić information content (AvgIpc) is 2.37. The molecule has 0 bridgehead atoms. The molecule has 0 aromatic carbocycles. The first kappa shape index (κ1) is 13.5. The maximum Gasteiger partial charge on any atom is 0.352 e. The van der Waals surface area contributed by atoms with E-state index in [1.807, 2.05) is 0 Å². The Morgan fingerprint density at radius 1 is 1.42 bits per heavy atom. The van der Waals surface area contributed by atoms with Crippen molar-refractivity contribution in [2.24, 2.45) is 0 Å². The second-order valence-corrected chi connectivity index (χ2v) is 4.85. The maximum atomic E-state index is 10.9. The van der Waals surface area contributed by atoms with E-state index in [0.29, 0.717) is 12.8 Å². The zero-order valence-corrected chi connectivity index (χ0v) is 10.5. The summed E-state index contributed by atoms with van der Waals surface area (Å²) >= 11 is 0. The van der Waals surface area contributed by atoms with Crippen LogP contribution in [0.5, 0.6) is 0 Å². The molecule has 1 aromatic rings. The van der Waals surface area contributed by atoms with E-state index < -0.39 is 10.5 Å². The molecule has 0 radical (unpaired) electrons. The van der Waals surface area contributed by atoms with E-state index in [0.717, 1.165) is 25.6 Å². The number of nitrogen functional groups attached to an aromatic ring is 1. The fourth-order valence-corrected chi connectivity index (χ4v) is 2.34. The highest BCUT2D eigenvalue weighted by Gasteiger charge is 2.30. The van der Waals surface area contributed by atoms with Crippen LogP contribution in [0.4, 0.5) is 17.3 Å². The average molecular weight is 267 g/mol. The molecule has 1 aliphatic carbocycles. The minimum absolute atomic E-state index is 0.0523. The van der Waals surface area contributed by atoms with Gasteiger partial charge in [-0.2, -0.15) is 0 Å². The minimum atomic E-state index is -0.828. The molecule has 0 saturated heterocycles. The number of nitrogens with one attached hydrogen (secondary N) is 1. The van der Waals surface area contributed by atoms with Crippen molar-refractivity contribution in [3.8, 4) is 0 Å². The van der Waals surface area contributed by atoms with E-state index in [2.05, 4.69) is 15.3 Å². The van der Waals surface area contributed by atoms with Crippen molar-refractivity contribution in [1.82, 2.24) is 9.97 Å². The van der Waals surface area contributed by atoms with Gasteiger partial charge in [0.2, 0.25) is 11.6 Å². The van der Waals surface area contributed by atoms with Gasteiger partial charge in [0.1, 0.15) is 6.33 Å². The summed E-state index contributed by atoms with van der Waals surface area (Å²) in [5.41, 5.74) is 4.30. The van der Waals surface area contributed by atoms with Gasteiger partial charge in [-0.15, -0.1) is 0 Å². The summed E-state index contributed by atoms with van der Waals surface area (Å²) in [4.78, 5) is 17.7. The zero-order valence-electron chi connectivity index (χ0n) is 10.5. The molecule has 1 aromatic heterocycles.